The number of amides is 1. The molecular weight excluding hydrogens is 320 g/mol. The molecular formula is C19H20N2O2S. The number of aromatic amines is 1. The van der Waals surface area contributed by atoms with Gasteiger partial charge in [-0.1, -0.05) is 6.07 Å². The lowest BCUT2D eigenvalue weighted by Gasteiger charge is -2.16. The number of benzene rings is 1. The Morgan fingerprint density at radius 3 is 2.96 bits per heavy atom. The third-order valence-electron chi connectivity index (χ3n) is 4.85. The van der Waals surface area contributed by atoms with Crippen LogP contribution in [0.5, 0.6) is 5.75 Å². The molecule has 24 heavy (non-hydrogen) atoms. The van der Waals surface area contributed by atoms with Gasteiger partial charge >= 0.3 is 0 Å². The van der Waals surface area contributed by atoms with Gasteiger partial charge in [0.2, 0.25) is 5.91 Å². The van der Waals surface area contributed by atoms with Gasteiger partial charge in [-0.2, -0.15) is 0 Å². The van der Waals surface area contributed by atoms with E-state index in [1.807, 2.05) is 29.6 Å². The molecule has 2 N–H and O–H groups in total. The minimum atomic E-state index is 0.0652. The molecule has 0 saturated heterocycles. The van der Waals surface area contributed by atoms with Crippen LogP contribution in [-0.4, -0.2) is 24.5 Å². The van der Waals surface area contributed by atoms with Crippen molar-refractivity contribution in [1.82, 2.24) is 10.3 Å². The quantitative estimate of drug-likeness (QED) is 0.720. The van der Waals surface area contributed by atoms with Crippen molar-refractivity contribution in [2.45, 2.75) is 24.7 Å². The normalized spacial score (nSPS) is 15.4. The average molecular weight is 340 g/mol. The highest BCUT2D eigenvalue weighted by Gasteiger charge is 2.45. The van der Waals surface area contributed by atoms with Gasteiger partial charge in [0.25, 0.3) is 0 Å². The average Bonchev–Trinajstić information content (AvgIpc) is 3.01. The number of nitrogens with one attached hydrogen (secondary N) is 2. The maximum Gasteiger partial charge on any atom is 0.225 e. The van der Waals surface area contributed by atoms with Crippen LogP contribution in [0.4, 0.5) is 0 Å². The van der Waals surface area contributed by atoms with E-state index in [0.717, 1.165) is 29.0 Å². The lowest BCUT2D eigenvalue weighted by atomic mass is 9.95. The summed E-state index contributed by atoms with van der Waals surface area (Å²) in [4.78, 5) is 16.6. The first-order valence-electron chi connectivity index (χ1n) is 8.15. The van der Waals surface area contributed by atoms with Crippen molar-refractivity contribution in [2.75, 3.05) is 13.7 Å². The number of ether oxygens (including phenoxy) is 1. The minimum Gasteiger partial charge on any atom is -0.497 e. The Labute approximate surface area is 144 Å². The summed E-state index contributed by atoms with van der Waals surface area (Å²) in [6, 6.07) is 10.1. The van der Waals surface area contributed by atoms with Gasteiger partial charge in [-0.15, -0.1) is 11.3 Å². The molecule has 1 aliphatic carbocycles. The van der Waals surface area contributed by atoms with E-state index < -0.39 is 0 Å². The predicted molar refractivity (Wildman–Crippen MR) is 96.8 cm³/mol. The van der Waals surface area contributed by atoms with Crippen LogP contribution in [0.2, 0.25) is 0 Å². The van der Waals surface area contributed by atoms with Gasteiger partial charge in [-0.3, -0.25) is 4.79 Å². The second-order valence-electron chi connectivity index (χ2n) is 6.43. The topological polar surface area (TPSA) is 54.1 Å². The SMILES string of the molecule is COc1ccc2[nH]cc(C3(CNC(=O)Cc4cccs4)CC3)c2c1. The molecule has 4 nitrogen and oxygen atoms in total. The molecule has 5 heteroatoms. The fourth-order valence-electron chi connectivity index (χ4n) is 3.26. The molecule has 1 aromatic carbocycles. The Hall–Kier alpha value is -2.27. The predicted octanol–water partition coefficient (Wildman–Crippen LogP) is 3.63. The Bertz CT molecular complexity index is 863. The van der Waals surface area contributed by atoms with Crippen molar-refractivity contribution in [3.63, 3.8) is 0 Å². The Kier molecular flexibility index (Phi) is 3.81. The fourth-order valence-corrected chi connectivity index (χ4v) is 3.96. The number of fused-ring (bicyclic) bond motifs is 1. The van der Waals surface area contributed by atoms with Crippen LogP contribution < -0.4 is 10.1 Å². The van der Waals surface area contributed by atoms with Crippen LogP contribution in [-0.2, 0) is 16.6 Å². The molecule has 2 aromatic heterocycles. The van der Waals surface area contributed by atoms with E-state index in [2.05, 4.69) is 22.6 Å². The molecule has 0 bridgehead atoms. The van der Waals surface area contributed by atoms with Gasteiger partial charge in [0.1, 0.15) is 5.75 Å². The van der Waals surface area contributed by atoms with Crippen LogP contribution in [0.25, 0.3) is 10.9 Å². The zero-order chi connectivity index (χ0) is 16.6. The van der Waals surface area contributed by atoms with Crippen LogP contribution in [0.3, 0.4) is 0 Å². The molecule has 3 aromatic rings. The van der Waals surface area contributed by atoms with E-state index in [-0.39, 0.29) is 11.3 Å². The van der Waals surface area contributed by atoms with Gasteiger partial charge in [-0.05, 0) is 48.1 Å². The summed E-state index contributed by atoms with van der Waals surface area (Å²) in [6.07, 6.45) is 4.77. The van der Waals surface area contributed by atoms with Crippen molar-refractivity contribution in [3.8, 4) is 5.75 Å². The van der Waals surface area contributed by atoms with E-state index in [1.165, 1.54) is 10.9 Å². The lowest BCUT2D eigenvalue weighted by molar-refractivity contribution is -0.120. The summed E-state index contributed by atoms with van der Waals surface area (Å²) in [5, 5.41) is 6.33. The van der Waals surface area contributed by atoms with Crippen LogP contribution in [0.1, 0.15) is 23.3 Å². The summed E-state index contributed by atoms with van der Waals surface area (Å²) >= 11 is 1.62. The van der Waals surface area contributed by atoms with Gasteiger partial charge in [0.15, 0.2) is 0 Å². The van der Waals surface area contributed by atoms with E-state index >= 15 is 0 Å². The van der Waals surface area contributed by atoms with Crippen molar-refractivity contribution in [3.05, 3.63) is 52.3 Å². The maximum absolute atomic E-state index is 12.2. The molecule has 1 saturated carbocycles. The monoisotopic (exact) mass is 340 g/mol. The van der Waals surface area contributed by atoms with Gasteiger partial charge in [0, 0.05) is 33.9 Å². The summed E-state index contributed by atoms with van der Waals surface area (Å²) in [5.74, 6) is 0.960. The standard InChI is InChI=1S/C19H20N2O2S/c1-23-13-4-5-17-15(9-13)16(11-20-17)19(6-7-19)12-21-18(22)10-14-3-2-8-24-14/h2-5,8-9,11,20H,6-7,10,12H2,1H3,(H,21,22). The van der Waals surface area contributed by atoms with E-state index in [4.69, 9.17) is 4.74 Å². The van der Waals surface area contributed by atoms with E-state index in [1.54, 1.807) is 18.4 Å². The number of H-pyrrole nitrogens is 1. The van der Waals surface area contributed by atoms with Crippen LogP contribution in [0.15, 0.2) is 41.9 Å². The number of hydrogen-bond acceptors (Lipinski definition) is 3. The fraction of sp³-hybridized carbons (Fsp3) is 0.316. The van der Waals surface area contributed by atoms with Crippen molar-refractivity contribution in [2.24, 2.45) is 0 Å². The molecule has 2 heterocycles. The highest BCUT2D eigenvalue weighted by Crippen LogP contribution is 2.50. The Morgan fingerprint density at radius 1 is 1.38 bits per heavy atom. The largest absolute Gasteiger partial charge is 0.497 e. The summed E-state index contributed by atoms with van der Waals surface area (Å²) < 4.78 is 5.35. The number of carbonyl (C=O) groups excluding carboxylic acids is 1. The number of methoxy groups -OCH3 is 1. The number of hydrogen-bond donors (Lipinski definition) is 2. The first-order chi connectivity index (χ1) is 11.7. The Morgan fingerprint density at radius 2 is 2.25 bits per heavy atom. The third kappa shape index (κ3) is 2.80. The molecule has 0 radical (unpaired) electrons. The number of aromatic nitrogens is 1. The maximum atomic E-state index is 12.2. The highest BCUT2D eigenvalue weighted by molar-refractivity contribution is 7.10. The van der Waals surface area contributed by atoms with E-state index in [0.29, 0.717) is 13.0 Å². The molecule has 0 aliphatic heterocycles. The smallest absolute Gasteiger partial charge is 0.225 e. The molecule has 1 fully saturated rings. The number of rotatable bonds is 6. The summed E-state index contributed by atoms with van der Waals surface area (Å²) in [6.45, 7) is 0.696. The molecule has 0 unspecified atom stereocenters. The molecule has 124 valence electrons. The van der Waals surface area contributed by atoms with Crippen molar-refractivity contribution in [1.29, 1.82) is 0 Å². The molecule has 1 amide bonds. The molecule has 4 rings (SSSR count). The molecule has 0 spiro atoms. The van der Waals surface area contributed by atoms with Crippen molar-refractivity contribution < 1.29 is 9.53 Å². The first kappa shape index (κ1) is 15.3. The van der Waals surface area contributed by atoms with Gasteiger partial charge in [-0.25, -0.2) is 0 Å². The summed E-state index contributed by atoms with van der Waals surface area (Å²) in [7, 11) is 1.69. The summed E-state index contributed by atoms with van der Waals surface area (Å²) in [5.41, 5.74) is 2.46. The van der Waals surface area contributed by atoms with Crippen LogP contribution >= 0.6 is 11.3 Å². The Balaban J connectivity index is 1.50. The van der Waals surface area contributed by atoms with E-state index in [9.17, 15) is 4.79 Å². The van der Waals surface area contributed by atoms with Gasteiger partial charge < -0.3 is 15.0 Å². The number of thiophene rings is 1. The first-order valence-corrected chi connectivity index (χ1v) is 9.03. The zero-order valence-corrected chi connectivity index (χ0v) is 14.4. The van der Waals surface area contributed by atoms with Crippen molar-refractivity contribution >= 4 is 28.1 Å². The second kappa shape index (κ2) is 5.98. The molecule has 0 atom stereocenters. The lowest BCUT2D eigenvalue weighted by Crippen LogP contribution is -2.33. The number of carbonyl (C=O) groups is 1. The third-order valence-corrected chi connectivity index (χ3v) is 5.73. The highest BCUT2D eigenvalue weighted by atomic mass is 32.1. The second-order valence-corrected chi connectivity index (χ2v) is 7.46. The van der Waals surface area contributed by atoms with Crippen LogP contribution in [0, 0.1) is 0 Å². The minimum absolute atomic E-state index is 0.0652. The molecule has 1 aliphatic rings. The zero-order valence-electron chi connectivity index (χ0n) is 13.6. The van der Waals surface area contributed by atoms with Gasteiger partial charge in [0.05, 0.1) is 13.5 Å².